The molecular formula is C12H24O4. The van der Waals surface area contributed by atoms with Crippen LogP contribution in [0.1, 0.15) is 40.0 Å². The lowest BCUT2D eigenvalue weighted by Crippen LogP contribution is -2.34. The van der Waals surface area contributed by atoms with Crippen molar-refractivity contribution in [3.63, 3.8) is 0 Å². The first kappa shape index (κ1) is 15.6. The summed E-state index contributed by atoms with van der Waals surface area (Å²) in [4.78, 5) is 11.3. The molecule has 0 bridgehead atoms. The molecular weight excluding hydrogens is 208 g/mol. The van der Waals surface area contributed by atoms with Crippen molar-refractivity contribution in [1.82, 2.24) is 0 Å². The van der Waals surface area contributed by atoms with Crippen LogP contribution in [0.3, 0.4) is 0 Å². The fraction of sp³-hybridized carbons (Fsp3) is 0.917. The highest BCUT2D eigenvalue weighted by molar-refractivity contribution is 5.84. The predicted molar refractivity (Wildman–Crippen MR) is 62.0 cm³/mol. The molecule has 1 aliphatic rings. The maximum absolute atomic E-state index is 11.3. The van der Waals surface area contributed by atoms with Gasteiger partial charge in [-0.2, -0.15) is 0 Å². The van der Waals surface area contributed by atoms with E-state index in [2.05, 4.69) is 20.8 Å². The summed E-state index contributed by atoms with van der Waals surface area (Å²) in [5.41, 5.74) is -0.0434. The molecule has 96 valence electrons. The number of hydrogen-bond donors (Lipinski definition) is 3. The minimum absolute atomic E-state index is 0.0434. The van der Waals surface area contributed by atoms with Crippen molar-refractivity contribution in [2.75, 3.05) is 13.2 Å². The van der Waals surface area contributed by atoms with Crippen molar-refractivity contribution in [2.24, 2.45) is 11.3 Å². The molecule has 1 fully saturated rings. The molecule has 1 rings (SSSR count). The van der Waals surface area contributed by atoms with Crippen LogP contribution in [0.15, 0.2) is 0 Å². The minimum atomic E-state index is -0.954. The van der Waals surface area contributed by atoms with E-state index in [1.165, 1.54) is 6.42 Å². The largest absolute Gasteiger partial charge is 0.394 e. The quantitative estimate of drug-likeness (QED) is 0.656. The first-order valence-electron chi connectivity index (χ1n) is 5.79. The van der Waals surface area contributed by atoms with E-state index in [4.69, 9.17) is 15.3 Å². The number of aliphatic hydroxyl groups excluding tert-OH is 3. The van der Waals surface area contributed by atoms with Crippen molar-refractivity contribution < 1.29 is 20.1 Å². The Bertz CT molecular complexity index is 209. The van der Waals surface area contributed by atoms with Crippen molar-refractivity contribution in [2.45, 2.75) is 46.1 Å². The van der Waals surface area contributed by atoms with Gasteiger partial charge >= 0.3 is 0 Å². The molecule has 3 N–H and O–H groups in total. The molecule has 0 spiro atoms. The molecule has 4 nitrogen and oxygen atoms in total. The van der Waals surface area contributed by atoms with Gasteiger partial charge in [0.2, 0.25) is 0 Å². The van der Waals surface area contributed by atoms with Gasteiger partial charge in [-0.25, -0.2) is 0 Å². The Kier molecular flexibility index (Phi) is 6.79. The molecule has 0 aromatic carbocycles. The molecule has 0 aromatic heterocycles. The molecule has 0 amide bonds. The van der Waals surface area contributed by atoms with Crippen LogP contribution in [0, 0.1) is 11.3 Å². The highest BCUT2D eigenvalue weighted by atomic mass is 16.3. The average molecular weight is 232 g/mol. The Morgan fingerprint density at radius 1 is 1.38 bits per heavy atom. The summed E-state index contributed by atoms with van der Waals surface area (Å²) in [6.45, 7) is 5.59. The Balaban J connectivity index is 0.000000325. The number of carbonyl (C=O) groups is 1. The number of ketones is 1. The van der Waals surface area contributed by atoms with Crippen LogP contribution in [-0.4, -0.2) is 40.4 Å². The van der Waals surface area contributed by atoms with E-state index in [-0.39, 0.29) is 18.6 Å². The van der Waals surface area contributed by atoms with Crippen LogP contribution in [0.5, 0.6) is 0 Å². The van der Waals surface area contributed by atoms with Crippen molar-refractivity contribution >= 4 is 5.78 Å². The van der Waals surface area contributed by atoms with Gasteiger partial charge < -0.3 is 15.3 Å². The SMILES string of the molecule is CC1CCCC(=O)C1(C)C.OCC(O)CO. The third kappa shape index (κ3) is 4.60. The normalized spacial score (nSPS) is 23.9. The maximum Gasteiger partial charge on any atom is 0.138 e. The third-order valence-electron chi connectivity index (χ3n) is 3.41. The molecule has 0 aromatic rings. The Hall–Kier alpha value is -0.450. The summed E-state index contributed by atoms with van der Waals surface area (Å²) >= 11 is 0. The number of hydrogen-bond acceptors (Lipinski definition) is 4. The van der Waals surface area contributed by atoms with Crippen molar-refractivity contribution in [3.05, 3.63) is 0 Å². The Labute approximate surface area is 97.3 Å². The van der Waals surface area contributed by atoms with Crippen LogP contribution < -0.4 is 0 Å². The highest BCUT2D eigenvalue weighted by Gasteiger charge is 2.35. The second-order valence-electron chi connectivity index (χ2n) is 4.96. The molecule has 16 heavy (non-hydrogen) atoms. The molecule has 1 saturated carbocycles. The van der Waals surface area contributed by atoms with Crippen LogP contribution >= 0.6 is 0 Å². The Morgan fingerprint density at radius 2 is 1.88 bits per heavy atom. The molecule has 0 radical (unpaired) electrons. The monoisotopic (exact) mass is 232 g/mol. The lowest BCUT2D eigenvalue weighted by atomic mass is 9.69. The fourth-order valence-electron chi connectivity index (χ4n) is 1.58. The van der Waals surface area contributed by atoms with Crippen molar-refractivity contribution in [3.8, 4) is 0 Å². The fourth-order valence-corrected chi connectivity index (χ4v) is 1.58. The topological polar surface area (TPSA) is 77.8 Å². The van der Waals surface area contributed by atoms with Gasteiger partial charge in [0.05, 0.1) is 13.2 Å². The molecule has 1 atom stereocenters. The summed E-state index contributed by atoms with van der Waals surface area (Å²) in [7, 11) is 0. The third-order valence-corrected chi connectivity index (χ3v) is 3.41. The summed E-state index contributed by atoms with van der Waals surface area (Å²) in [6.07, 6.45) is 2.17. The van der Waals surface area contributed by atoms with Gasteiger partial charge in [0.15, 0.2) is 0 Å². The molecule has 1 unspecified atom stereocenters. The number of aliphatic hydroxyl groups is 3. The number of Topliss-reactive ketones (excluding diaryl/α,β-unsaturated/α-hetero) is 1. The molecule has 1 aliphatic carbocycles. The zero-order valence-electron chi connectivity index (χ0n) is 10.4. The van der Waals surface area contributed by atoms with Crippen LogP contribution in [0.2, 0.25) is 0 Å². The second-order valence-corrected chi connectivity index (χ2v) is 4.96. The predicted octanol–water partition coefficient (Wildman–Crippen LogP) is 0.734. The van der Waals surface area contributed by atoms with E-state index in [1.54, 1.807) is 0 Å². The van der Waals surface area contributed by atoms with E-state index in [1.807, 2.05) is 0 Å². The van der Waals surface area contributed by atoms with E-state index < -0.39 is 6.10 Å². The average Bonchev–Trinajstić information content (AvgIpc) is 2.26. The summed E-state index contributed by atoms with van der Waals surface area (Å²) < 4.78 is 0. The van der Waals surface area contributed by atoms with E-state index >= 15 is 0 Å². The van der Waals surface area contributed by atoms with Gasteiger partial charge in [0, 0.05) is 11.8 Å². The summed E-state index contributed by atoms with van der Waals surface area (Å²) in [5, 5.41) is 24.0. The zero-order valence-corrected chi connectivity index (χ0v) is 10.4. The van der Waals surface area contributed by atoms with Crippen molar-refractivity contribution in [1.29, 1.82) is 0 Å². The summed E-state index contributed by atoms with van der Waals surface area (Å²) in [6, 6.07) is 0. The first-order chi connectivity index (χ1) is 7.36. The smallest absolute Gasteiger partial charge is 0.138 e. The van der Waals surface area contributed by atoms with Gasteiger partial charge in [-0.05, 0) is 18.8 Å². The number of carbonyl (C=O) groups excluding carboxylic acids is 1. The molecule has 0 saturated heterocycles. The van der Waals surface area contributed by atoms with Crippen LogP contribution in [-0.2, 0) is 4.79 Å². The van der Waals surface area contributed by atoms with Gasteiger partial charge in [0.1, 0.15) is 11.9 Å². The Morgan fingerprint density at radius 3 is 2.12 bits per heavy atom. The van der Waals surface area contributed by atoms with Gasteiger partial charge in [-0.1, -0.05) is 20.8 Å². The van der Waals surface area contributed by atoms with Gasteiger partial charge in [-0.15, -0.1) is 0 Å². The molecule has 0 aliphatic heterocycles. The number of rotatable bonds is 2. The first-order valence-corrected chi connectivity index (χ1v) is 5.79. The second kappa shape index (κ2) is 6.99. The lowest BCUT2D eigenvalue weighted by molar-refractivity contribution is -0.132. The van der Waals surface area contributed by atoms with Crippen LogP contribution in [0.25, 0.3) is 0 Å². The van der Waals surface area contributed by atoms with E-state index in [0.29, 0.717) is 11.7 Å². The highest BCUT2D eigenvalue weighted by Crippen LogP contribution is 2.37. The maximum atomic E-state index is 11.3. The van der Waals surface area contributed by atoms with Gasteiger partial charge in [-0.3, -0.25) is 4.79 Å². The molecule has 4 heteroatoms. The zero-order chi connectivity index (χ0) is 12.8. The summed E-state index contributed by atoms with van der Waals surface area (Å²) in [5.74, 6) is 1.03. The van der Waals surface area contributed by atoms with E-state index in [9.17, 15) is 4.79 Å². The van der Waals surface area contributed by atoms with Gasteiger partial charge in [0.25, 0.3) is 0 Å². The standard InChI is InChI=1S/C9H16O.C3H8O3/c1-7-5-4-6-8(10)9(7,2)3;4-1-3(6)2-5/h7H,4-6H2,1-3H3;3-6H,1-2H2. The lowest BCUT2D eigenvalue weighted by Gasteiger charge is -2.34. The van der Waals surface area contributed by atoms with E-state index in [0.717, 1.165) is 12.8 Å². The van der Waals surface area contributed by atoms with Crippen LogP contribution in [0.4, 0.5) is 0 Å². The molecule has 0 heterocycles. The minimum Gasteiger partial charge on any atom is -0.394 e.